The van der Waals surface area contributed by atoms with Crippen LogP contribution in [0, 0.1) is 0 Å². The Labute approximate surface area is 268 Å². The van der Waals surface area contributed by atoms with Crippen molar-refractivity contribution in [2.75, 3.05) is 38.2 Å². The normalized spacial score (nSPS) is 16.8. The van der Waals surface area contributed by atoms with Crippen LogP contribution in [-0.2, 0) is 41.6 Å². The van der Waals surface area contributed by atoms with Crippen LogP contribution in [-0.4, -0.2) is 107 Å². The first kappa shape index (κ1) is 35.4. The van der Waals surface area contributed by atoms with Gasteiger partial charge in [-0.2, -0.15) is 11.8 Å². The van der Waals surface area contributed by atoms with Crippen LogP contribution in [0.3, 0.4) is 0 Å². The molecule has 5 N–H and O–H groups in total. The Bertz CT molecular complexity index is 1310. The molecule has 0 saturated carbocycles. The number of thioether (sulfide) groups is 1. The zero-order chi connectivity index (χ0) is 32.9. The van der Waals surface area contributed by atoms with Gasteiger partial charge < -0.3 is 36.0 Å². The molecule has 0 aromatic heterocycles. The molecule has 1 aliphatic heterocycles. The molecule has 4 amide bonds. The van der Waals surface area contributed by atoms with E-state index in [1.54, 1.807) is 30.8 Å². The van der Waals surface area contributed by atoms with Crippen molar-refractivity contribution in [3.05, 3.63) is 65.7 Å². The number of rotatable bonds is 15. The number of aromatic hydroxyl groups is 1. The second-order valence-electron chi connectivity index (χ2n) is 10.8. The summed E-state index contributed by atoms with van der Waals surface area (Å²) in [6, 6.07) is 12.0. The Balaban J connectivity index is 1.65. The Morgan fingerprint density at radius 1 is 1.04 bits per heavy atom. The molecule has 244 valence electrons. The highest BCUT2D eigenvalue weighted by molar-refractivity contribution is 7.98. The number of nitrogens with zero attached hydrogens (tertiary/aromatic N) is 2. The molecule has 1 heterocycles. The number of nitrogens with one attached hydrogen (secondary N) is 2. The van der Waals surface area contributed by atoms with E-state index in [2.05, 4.69) is 10.6 Å². The standard InChI is InChI=1S/C32H43N5O7S/c1-4-44-32(43)26(14-17-45-3)37-16-15-36(27(31(37)42)19-22-8-6-5-7-9-22)28(39)20-34-29(40)21(2)35-30(41)25(33)18-23-10-12-24(38)13-11-23/h5-13,21,25-27,38H,4,14-20,33H2,1-3H3,(H,34,40)(H,35,41)/t21-,25+,26-,27+/m1/s1. The first-order valence-electron chi connectivity index (χ1n) is 15.0. The van der Waals surface area contributed by atoms with Crippen LogP contribution in [0.4, 0.5) is 0 Å². The molecule has 0 radical (unpaired) electrons. The molecule has 0 aliphatic carbocycles. The van der Waals surface area contributed by atoms with Crippen molar-refractivity contribution in [3.63, 3.8) is 0 Å². The lowest BCUT2D eigenvalue weighted by Crippen LogP contribution is -2.64. The lowest BCUT2D eigenvalue weighted by Gasteiger charge is -2.43. The second-order valence-corrected chi connectivity index (χ2v) is 11.8. The topological polar surface area (TPSA) is 171 Å². The number of phenols is 1. The van der Waals surface area contributed by atoms with E-state index in [4.69, 9.17) is 10.5 Å². The highest BCUT2D eigenvalue weighted by Gasteiger charge is 2.42. The third kappa shape index (κ3) is 10.2. The number of carbonyl (C=O) groups is 5. The number of piperazine rings is 1. The summed E-state index contributed by atoms with van der Waals surface area (Å²) >= 11 is 1.56. The molecule has 1 aliphatic rings. The number of ether oxygens (including phenoxy) is 1. The van der Waals surface area contributed by atoms with Crippen LogP contribution in [0.25, 0.3) is 0 Å². The van der Waals surface area contributed by atoms with Crippen molar-refractivity contribution < 1.29 is 33.8 Å². The minimum atomic E-state index is -0.975. The fourth-order valence-electron chi connectivity index (χ4n) is 5.10. The predicted molar refractivity (Wildman–Crippen MR) is 171 cm³/mol. The average molecular weight is 642 g/mol. The van der Waals surface area contributed by atoms with Crippen LogP contribution in [0.15, 0.2) is 54.6 Å². The zero-order valence-electron chi connectivity index (χ0n) is 25.9. The second kappa shape index (κ2) is 17.4. The minimum absolute atomic E-state index is 0.0984. The maximum Gasteiger partial charge on any atom is 0.328 e. The number of nitrogens with two attached hydrogens (primary N) is 1. The van der Waals surface area contributed by atoms with E-state index in [1.807, 2.05) is 36.6 Å². The summed E-state index contributed by atoms with van der Waals surface area (Å²) < 4.78 is 5.28. The van der Waals surface area contributed by atoms with E-state index in [1.165, 1.54) is 28.9 Å². The Kier molecular flexibility index (Phi) is 13.7. The van der Waals surface area contributed by atoms with Crippen molar-refractivity contribution in [2.24, 2.45) is 5.73 Å². The SMILES string of the molecule is CCOC(=O)[C@@H](CCSC)N1CCN(C(=O)CNC(=O)[C@@H](C)NC(=O)[C@@H](N)Cc2ccc(O)cc2)[C@@H](Cc2ccccc2)C1=O. The van der Waals surface area contributed by atoms with Gasteiger partial charge in [0.2, 0.25) is 23.6 Å². The van der Waals surface area contributed by atoms with E-state index < -0.39 is 47.9 Å². The molecule has 0 bridgehead atoms. The van der Waals surface area contributed by atoms with Gasteiger partial charge in [-0.05, 0) is 62.0 Å². The van der Waals surface area contributed by atoms with Gasteiger partial charge in [0.25, 0.3) is 0 Å². The molecule has 45 heavy (non-hydrogen) atoms. The molecule has 4 atom stereocenters. The van der Waals surface area contributed by atoms with Gasteiger partial charge in [0.05, 0.1) is 19.2 Å². The van der Waals surface area contributed by atoms with Crippen LogP contribution in [0.1, 0.15) is 31.4 Å². The Morgan fingerprint density at radius 3 is 2.38 bits per heavy atom. The smallest absolute Gasteiger partial charge is 0.328 e. The number of benzene rings is 2. The fourth-order valence-corrected chi connectivity index (χ4v) is 5.56. The molecular formula is C32H43N5O7S. The molecule has 1 saturated heterocycles. The number of amides is 4. The van der Waals surface area contributed by atoms with Crippen molar-refractivity contribution >= 4 is 41.4 Å². The monoisotopic (exact) mass is 641 g/mol. The zero-order valence-corrected chi connectivity index (χ0v) is 26.8. The first-order chi connectivity index (χ1) is 21.5. The van der Waals surface area contributed by atoms with Crippen molar-refractivity contribution in [1.29, 1.82) is 0 Å². The van der Waals surface area contributed by atoms with Gasteiger partial charge in [-0.25, -0.2) is 4.79 Å². The maximum atomic E-state index is 13.9. The Morgan fingerprint density at radius 2 is 1.73 bits per heavy atom. The summed E-state index contributed by atoms with van der Waals surface area (Å²) in [6.45, 7) is 3.32. The van der Waals surface area contributed by atoms with Crippen molar-refractivity contribution in [2.45, 2.75) is 57.3 Å². The molecule has 1 fully saturated rings. The number of hydrogen-bond donors (Lipinski definition) is 4. The van der Waals surface area contributed by atoms with Gasteiger partial charge in [0, 0.05) is 19.5 Å². The van der Waals surface area contributed by atoms with Crippen molar-refractivity contribution in [1.82, 2.24) is 20.4 Å². The van der Waals surface area contributed by atoms with Gasteiger partial charge >= 0.3 is 5.97 Å². The summed E-state index contributed by atoms with van der Waals surface area (Å²) in [5.74, 6) is -1.66. The third-order valence-corrected chi connectivity index (χ3v) is 8.19. The number of hydrogen-bond acceptors (Lipinski definition) is 9. The minimum Gasteiger partial charge on any atom is -0.508 e. The lowest BCUT2D eigenvalue weighted by atomic mass is 9.99. The molecule has 2 aromatic carbocycles. The molecule has 0 spiro atoms. The summed E-state index contributed by atoms with van der Waals surface area (Å²) in [5, 5.41) is 14.6. The third-order valence-electron chi connectivity index (χ3n) is 7.54. The van der Waals surface area contributed by atoms with E-state index in [9.17, 15) is 29.1 Å². The van der Waals surface area contributed by atoms with Crippen LogP contribution in [0.2, 0.25) is 0 Å². The van der Waals surface area contributed by atoms with Gasteiger partial charge in [-0.1, -0.05) is 42.5 Å². The number of esters is 1. The van der Waals surface area contributed by atoms with Gasteiger partial charge in [-0.3, -0.25) is 19.2 Å². The van der Waals surface area contributed by atoms with Crippen molar-refractivity contribution in [3.8, 4) is 5.75 Å². The van der Waals surface area contributed by atoms with Gasteiger partial charge in [0.15, 0.2) is 0 Å². The van der Waals surface area contributed by atoms with E-state index >= 15 is 0 Å². The molecule has 12 nitrogen and oxygen atoms in total. The van der Waals surface area contributed by atoms with E-state index in [-0.39, 0.29) is 50.7 Å². The average Bonchev–Trinajstić information content (AvgIpc) is 3.03. The van der Waals surface area contributed by atoms with E-state index in [0.717, 1.165) is 11.1 Å². The number of phenolic OH excluding ortho intramolecular Hbond substituents is 1. The van der Waals surface area contributed by atoms with Crippen LogP contribution in [0.5, 0.6) is 5.75 Å². The number of carbonyl (C=O) groups excluding carboxylic acids is 5. The van der Waals surface area contributed by atoms with Gasteiger partial charge in [-0.15, -0.1) is 0 Å². The Hall–Kier alpha value is -4.10. The summed E-state index contributed by atoms with van der Waals surface area (Å²) in [5.41, 5.74) is 7.60. The molecule has 0 unspecified atom stereocenters. The predicted octanol–water partition coefficient (Wildman–Crippen LogP) is 0.850. The highest BCUT2D eigenvalue weighted by Crippen LogP contribution is 2.22. The molecular weight excluding hydrogens is 598 g/mol. The highest BCUT2D eigenvalue weighted by atomic mass is 32.2. The van der Waals surface area contributed by atoms with Crippen LogP contribution < -0.4 is 16.4 Å². The molecule has 3 rings (SSSR count). The summed E-state index contributed by atoms with van der Waals surface area (Å²) in [4.78, 5) is 68.5. The van der Waals surface area contributed by atoms with Crippen LogP contribution >= 0.6 is 11.8 Å². The summed E-state index contributed by atoms with van der Waals surface area (Å²) in [6.07, 6.45) is 2.79. The van der Waals surface area contributed by atoms with Gasteiger partial charge in [0.1, 0.15) is 23.9 Å². The lowest BCUT2D eigenvalue weighted by molar-refractivity contribution is -0.162. The molecule has 13 heteroatoms. The largest absolute Gasteiger partial charge is 0.508 e. The quantitative estimate of drug-likeness (QED) is 0.206. The fraction of sp³-hybridized carbons (Fsp3) is 0.469. The first-order valence-corrected chi connectivity index (χ1v) is 16.4. The van der Waals surface area contributed by atoms with E-state index in [0.29, 0.717) is 12.2 Å². The maximum absolute atomic E-state index is 13.9. The molecule has 2 aromatic rings. The summed E-state index contributed by atoms with van der Waals surface area (Å²) in [7, 11) is 0.